The van der Waals surface area contributed by atoms with Crippen molar-refractivity contribution >= 4 is 5.91 Å². The molecule has 1 aromatic rings. The first-order chi connectivity index (χ1) is 9.11. The van der Waals surface area contributed by atoms with Crippen molar-refractivity contribution in [2.45, 2.75) is 38.3 Å². The van der Waals surface area contributed by atoms with Crippen LogP contribution in [0.25, 0.3) is 0 Å². The SMILES string of the molecule is CC[C@@H](O)c1ccc(OCC(=O)N(C)C2CC2)cc1. The van der Waals surface area contributed by atoms with Crippen molar-refractivity contribution in [1.82, 2.24) is 4.90 Å². The summed E-state index contributed by atoms with van der Waals surface area (Å²) in [6.07, 6.45) is 2.46. The Morgan fingerprint density at radius 3 is 2.58 bits per heavy atom. The third-order valence-electron chi connectivity index (χ3n) is 3.50. The summed E-state index contributed by atoms with van der Waals surface area (Å²) in [6.45, 7) is 2.00. The van der Waals surface area contributed by atoms with Gasteiger partial charge in [0.05, 0.1) is 6.10 Å². The first kappa shape index (κ1) is 13.9. The van der Waals surface area contributed by atoms with Crippen LogP contribution in [0, 0.1) is 0 Å². The first-order valence-corrected chi connectivity index (χ1v) is 6.78. The predicted molar refractivity (Wildman–Crippen MR) is 73.0 cm³/mol. The van der Waals surface area contributed by atoms with Crippen LogP contribution in [-0.4, -0.2) is 35.6 Å². The van der Waals surface area contributed by atoms with Gasteiger partial charge in [0.1, 0.15) is 5.75 Å². The molecule has 2 rings (SSSR count). The molecule has 0 heterocycles. The second-order valence-electron chi connectivity index (χ2n) is 5.02. The quantitative estimate of drug-likeness (QED) is 0.855. The number of nitrogens with zero attached hydrogens (tertiary/aromatic N) is 1. The number of benzene rings is 1. The van der Waals surface area contributed by atoms with Crippen LogP contribution in [0.5, 0.6) is 5.75 Å². The van der Waals surface area contributed by atoms with E-state index in [2.05, 4.69) is 0 Å². The third kappa shape index (κ3) is 3.70. The van der Waals surface area contributed by atoms with Gasteiger partial charge in [-0.25, -0.2) is 0 Å². The summed E-state index contributed by atoms with van der Waals surface area (Å²) in [6, 6.07) is 7.66. The van der Waals surface area contributed by atoms with Crippen LogP contribution in [0.1, 0.15) is 37.9 Å². The molecule has 19 heavy (non-hydrogen) atoms. The number of likely N-dealkylation sites (N-methyl/N-ethyl adjacent to an activating group) is 1. The molecule has 1 aliphatic carbocycles. The van der Waals surface area contributed by atoms with Gasteiger partial charge in [-0.1, -0.05) is 19.1 Å². The topological polar surface area (TPSA) is 49.8 Å². The van der Waals surface area contributed by atoms with Crippen molar-refractivity contribution in [2.75, 3.05) is 13.7 Å². The summed E-state index contributed by atoms with van der Waals surface area (Å²) in [7, 11) is 1.82. The fraction of sp³-hybridized carbons (Fsp3) is 0.533. The predicted octanol–water partition coefficient (Wildman–Crippen LogP) is 2.13. The van der Waals surface area contributed by atoms with E-state index in [-0.39, 0.29) is 12.5 Å². The van der Waals surface area contributed by atoms with Crippen molar-refractivity contribution in [1.29, 1.82) is 0 Å². The van der Waals surface area contributed by atoms with Gasteiger partial charge < -0.3 is 14.7 Å². The molecule has 1 atom stereocenters. The fourth-order valence-electron chi connectivity index (χ4n) is 1.93. The summed E-state index contributed by atoms with van der Waals surface area (Å²) in [5.74, 6) is 0.671. The Hall–Kier alpha value is -1.55. The molecule has 0 spiro atoms. The lowest BCUT2D eigenvalue weighted by Crippen LogP contribution is -2.33. The van der Waals surface area contributed by atoms with Gasteiger partial charge in [0, 0.05) is 13.1 Å². The van der Waals surface area contributed by atoms with Gasteiger partial charge in [-0.2, -0.15) is 0 Å². The molecule has 0 aliphatic heterocycles. The standard InChI is InChI=1S/C15H21NO3/c1-3-14(17)11-4-8-13(9-5-11)19-10-15(18)16(2)12-6-7-12/h4-5,8-9,12,14,17H,3,6-7,10H2,1-2H3/t14-/m1/s1. The molecule has 4 nitrogen and oxygen atoms in total. The lowest BCUT2D eigenvalue weighted by atomic mass is 10.1. The van der Waals surface area contributed by atoms with E-state index in [1.165, 1.54) is 0 Å². The van der Waals surface area contributed by atoms with Gasteiger partial charge in [0.2, 0.25) is 0 Å². The summed E-state index contributed by atoms with van der Waals surface area (Å²) in [5, 5.41) is 9.68. The molecule has 1 aliphatic rings. The molecule has 0 saturated heterocycles. The number of amides is 1. The van der Waals surface area contributed by atoms with Crippen molar-refractivity contribution < 1.29 is 14.6 Å². The number of aliphatic hydroxyl groups is 1. The number of carbonyl (C=O) groups is 1. The fourth-order valence-corrected chi connectivity index (χ4v) is 1.93. The highest BCUT2D eigenvalue weighted by atomic mass is 16.5. The van der Waals surface area contributed by atoms with E-state index in [0.29, 0.717) is 18.2 Å². The highest BCUT2D eigenvalue weighted by Gasteiger charge is 2.29. The zero-order valence-corrected chi connectivity index (χ0v) is 11.5. The van der Waals surface area contributed by atoms with Crippen molar-refractivity contribution in [3.8, 4) is 5.75 Å². The molecular weight excluding hydrogens is 242 g/mol. The maximum atomic E-state index is 11.8. The molecule has 104 valence electrons. The van der Waals surface area contributed by atoms with E-state index in [4.69, 9.17) is 4.74 Å². The lowest BCUT2D eigenvalue weighted by molar-refractivity contribution is -0.132. The molecule has 0 radical (unpaired) electrons. The van der Waals surface area contributed by atoms with E-state index in [0.717, 1.165) is 18.4 Å². The van der Waals surface area contributed by atoms with Crippen LogP contribution in [0.2, 0.25) is 0 Å². The number of hydrogen-bond donors (Lipinski definition) is 1. The van der Waals surface area contributed by atoms with Crippen molar-refractivity contribution in [2.24, 2.45) is 0 Å². The van der Waals surface area contributed by atoms with E-state index in [1.807, 2.05) is 26.1 Å². The van der Waals surface area contributed by atoms with Crippen LogP contribution in [-0.2, 0) is 4.79 Å². The van der Waals surface area contributed by atoms with Gasteiger partial charge in [-0.3, -0.25) is 4.79 Å². The summed E-state index contributed by atoms with van der Waals surface area (Å²) >= 11 is 0. The second kappa shape index (κ2) is 6.06. The van der Waals surface area contributed by atoms with Crippen LogP contribution in [0.4, 0.5) is 0 Å². The smallest absolute Gasteiger partial charge is 0.260 e. The van der Waals surface area contributed by atoms with Crippen LogP contribution in [0.15, 0.2) is 24.3 Å². The summed E-state index contributed by atoms with van der Waals surface area (Å²) in [4.78, 5) is 13.5. The highest BCUT2D eigenvalue weighted by molar-refractivity contribution is 5.78. The van der Waals surface area contributed by atoms with Crippen LogP contribution in [0.3, 0.4) is 0 Å². The Morgan fingerprint density at radius 1 is 1.42 bits per heavy atom. The van der Waals surface area contributed by atoms with E-state index < -0.39 is 6.10 Å². The average molecular weight is 263 g/mol. The Balaban J connectivity index is 1.84. The van der Waals surface area contributed by atoms with E-state index in [1.54, 1.807) is 17.0 Å². The number of rotatable bonds is 6. The van der Waals surface area contributed by atoms with Gasteiger partial charge >= 0.3 is 0 Å². The zero-order valence-electron chi connectivity index (χ0n) is 11.5. The molecule has 1 N–H and O–H groups in total. The molecule has 4 heteroatoms. The number of aliphatic hydroxyl groups excluding tert-OH is 1. The molecule has 1 fully saturated rings. The van der Waals surface area contributed by atoms with Gasteiger partial charge in [-0.05, 0) is 37.0 Å². The number of hydrogen-bond acceptors (Lipinski definition) is 3. The Labute approximate surface area is 114 Å². The monoisotopic (exact) mass is 263 g/mol. The normalized spacial score (nSPS) is 15.9. The van der Waals surface area contributed by atoms with Gasteiger partial charge in [-0.15, -0.1) is 0 Å². The minimum absolute atomic E-state index is 0.0140. The van der Waals surface area contributed by atoms with Gasteiger partial charge in [0.25, 0.3) is 5.91 Å². The van der Waals surface area contributed by atoms with E-state index >= 15 is 0 Å². The maximum Gasteiger partial charge on any atom is 0.260 e. The number of carbonyl (C=O) groups excluding carboxylic acids is 1. The number of ether oxygens (including phenoxy) is 1. The minimum atomic E-state index is -0.434. The van der Waals surface area contributed by atoms with Crippen molar-refractivity contribution in [3.63, 3.8) is 0 Å². The second-order valence-corrected chi connectivity index (χ2v) is 5.02. The van der Waals surface area contributed by atoms with E-state index in [9.17, 15) is 9.90 Å². The zero-order chi connectivity index (χ0) is 13.8. The van der Waals surface area contributed by atoms with Crippen LogP contribution < -0.4 is 4.74 Å². The minimum Gasteiger partial charge on any atom is -0.484 e. The average Bonchev–Trinajstić information content (AvgIpc) is 3.28. The molecular formula is C15H21NO3. The molecule has 1 saturated carbocycles. The lowest BCUT2D eigenvalue weighted by Gasteiger charge is -2.16. The molecule has 0 aromatic heterocycles. The molecule has 1 amide bonds. The Bertz CT molecular complexity index is 426. The maximum absolute atomic E-state index is 11.8. The highest BCUT2D eigenvalue weighted by Crippen LogP contribution is 2.25. The summed E-state index contributed by atoms with van der Waals surface area (Å²) in [5.41, 5.74) is 0.872. The Morgan fingerprint density at radius 2 is 2.05 bits per heavy atom. The van der Waals surface area contributed by atoms with Crippen LogP contribution >= 0.6 is 0 Å². The molecule has 0 bridgehead atoms. The Kier molecular flexibility index (Phi) is 4.43. The van der Waals surface area contributed by atoms with Gasteiger partial charge in [0.15, 0.2) is 6.61 Å². The molecule has 1 aromatic carbocycles. The largest absolute Gasteiger partial charge is 0.484 e. The third-order valence-corrected chi connectivity index (χ3v) is 3.50. The van der Waals surface area contributed by atoms with Crippen molar-refractivity contribution in [3.05, 3.63) is 29.8 Å². The summed E-state index contributed by atoms with van der Waals surface area (Å²) < 4.78 is 5.46. The molecule has 0 unspecified atom stereocenters. The first-order valence-electron chi connectivity index (χ1n) is 6.78.